The summed E-state index contributed by atoms with van der Waals surface area (Å²) < 4.78 is 20.2. The Balaban J connectivity index is 1.54. The minimum Gasteiger partial charge on any atom is -0.333 e. The van der Waals surface area contributed by atoms with Crippen molar-refractivity contribution in [1.29, 1.82) is 0 Å². The first-order valence-corrected chi connectivity index (χ1v) is 10.8. The lowest BCUT2D eigenvalue weighted by molar-refractivity contribution is -0.116. The van der Waals surface area contributed by atoms with Crippen molar-refractivity contribution in [3.05, 3.63) is 94.2 Å². The average molecular weight is 469 g/mol. The normalized spacial score (nSPS) is 11.1. The third-order valence-corrected chi connectivity index (χ3v) is 5.47. The highest BCUT2D eigenvalue weighted by Gasteiger charge is 2.19. The summed E-state index contributed by atoms with van der Waals surface area (Å²) in [5.74, 6) is -0.382. The molecule has 2 aromatic carbocycles. The van der Waals surface area contributed by atoms with Gasteiger partial charge in [-0.05, 0) is 50.2 Å². The van der Waals surface area contributed by atoms with Crippen molar-refractivity contribution in [3.8, 4) is 22.8 Å². The van der Waals surface area contributed by atoms with Gasteiger partial charge in [-0.2, -0.15) is 4.98 Å². The number of fused-ring (bicyclic) bond motifs is 1. The molecular formula is C26H20FN5O3. The molecule has 1 amide bonds. The molecule has 0 bridgehead atoms. The number of pyridine rings is 2. The van der Waals surface area contributed by atoms with Crippen LogP contribution < -0.4 is 10.7 Å². The van der Waals surface area contributed by atoms with E-state index in [4.69, 9.17) is 4.52 Å². The van der Waals surface area contributed by atoms with E-state index < -0.39 is 5.82 Å². The number of aromatic nitrogens is 4. The predicted octanol–water partition coefficient (Wildman–Crippen LogP) is 4.51. The van der Waals surface area contributed by atoms with Gasteiger partial charge in [-0.15, -0.1) is 0 Å². The zero-order valence-corrected chi connectivity index (χ0v) is 18.9. The number of nitrogens with one attached hydrogen (secondary N) is 1. The van der Waals surface area contributed by atoms with Gasteiger partial charge in [0.15, 0.2) is 0 Å². The standard InChI is InChI=1S/C26H20FN5O3/c1-15-3-6-17(7-4-15)24-30-26(35-31-24)21-13-32(25-20(23(21)34)12-5-16(2)28-25)14-22(33)29-19-10-8-18(27)9-11-19/h3-13H,14H2,1-2H3,(H,29,33). The van der Waals surface area contributed by atoms with Gasteiger partial charge in [0, 0.05) is 23.1 Å². The Hall–Kier alpha value is -4.66. The number of benzene rings is 2. The van der Waals surface area contributed by atoms with E-state index in [1.807, 2.05) is 31.2 Å². The molecule has 0 aliphatic carbocycles. The van der Waals surface area contributed by atoms with Crippen LogP contribution in [0.4, 0.5) is 10.1 Å². The van der Waals surface area contributed by atoms with Crippen LogP contribution in [0.2, 0.25) is 0 Å². The van der Waals surface area contributed by atoms with E-state index in [9.17, 15) is 14.0 Å². The summed E-state index contributed by atoms with van der Waals surface area (Å²) in [6.07, 6.45) is 1.49. The first-order chi connectivity index (χ1) is 16.9. The van der Waals surface area contributed by atoms with Crippen molar-refractivity contribution in [2.75, 3.05) is 5.32 Å². The molecule has 1 N–H and O–H groups in total. The first-order valence-electron chi connectivity index (χ1n) is 10.8. The number of aryl methyl sites for hydroxylation is 2. The molecule has 0 fully saturated rings. The van der Waals surface area contributed by atoms with Crippen LogP contribution in [0.5, 0.6) is 0 Å². The number of amides is 1. The van der Waals surface area contributed by atoms with Gasteiger partial charge >= 0.3 is 0 Å². The molecule has 3 aromatic heterocycles. The minimum absolute atomic E-state index is 0.0424. The number of halogens is 1. The van der Waals surface area contributed by atoms with Crippen molar-refractivity contribution < 1.29 is 13.7 Å². The SMILES string of the molecule is Cc1ccc(-c2noc(-c3cn(CC(=O)Nc4ccc(F)cc4)c4nc(C)ccc4c3=O)n2)cc1. The van der Waals surface area contributed by atoms with Gasteiger partial charge in [-0.3, -0.25) is 9.59 Å². The molecular weight excluding hydrogens is 449 g/mol. The number of hydrogen-bond donors (Lipinski definition) is 1. The predicted molar refractivity (Wildman–Crippen MR) is 129 cm³/mol. The first kappa shape index (κ1) is 22.1. The maximum Gasteiger partial charge on any atom is 0.263 e. The Morgan fingerprint density at radius 3 is 2.49 bits per heavy atom. The van der Waals surface area contributed by atoms with Crippen molar-refractivity contribution in [3.63, 3.8) is 0 Å². The number of rotatable bonds is 5. The van der Waals surface area contributed by atoms with Gasteiger partial charge in [0.2, 0.25) is 17.2 Å². The van der Waals surface area contributed by atoms with Gasteiger partial charge in [-0.25, -0.2) is 9.37 Å². The molecule has 0 atom stereocenters. The number of hydrogen-bond acceptors (Lipinski definition) is 6. The Bertz CT molecular complexity index is 1610. The maximum absolute atomic E-state index is 13.3. The molecule has 0 aliphatic heterocycles. The fraction of sp³-hybridized carbons (Fsp3) is 0.115. The second-order valence-corrected chi connectivity index (χ2v) is 8.17. The molecule has 8 nitrogen and oxygen atoms in total. The molecule has 0 radical (unpaired) electrons. The van der Waals surface area contributed by atoms with Crippen molar-refractivity contribution in [1.82, 2.24) is 19.7 Å². The van der Waals surface area contributed by atoms with Gasteiger partial charge < -0.3 is 14.4 Å². The van der Waals surface area contributed by atoms with Crippen LogP contribution in [-0.2, 0) is 11.3 Å². The molecule has 0 aliphatic rings. The Morgan fingerprint density at radius 1 is 1.00 bits per heavy atom. The molecule has 0 spiro atoms. The zero-order chi connectivity index (χ0) is 24.5. The van der Waals surface area contributed by atoms with E-state index in [0.29, 0.717) is 28.2 Å². The highest BCUT2D eigenvalue weighted by Crippen LogP contribution is 2.23. The van der Waals surface area contributed by atoms with Crippen LogP contribution in [0.3, 0.4) is 0 Å². The second-order valence-electron chi connectivity index (χ2n) is 8.17. The van der Waals surface area contributed by atoms with Gasteiger partial charge in [0.05, 0.1) is 5.39 Å². The Kier molecular flexibility index (Phi) is 5.66. The Labute approximate surface area is 199 Å². The second kappa shape index (κ2) is 8.94. The molecule has 174 valence electrons. The minimum atomic E-state index is -0.400. The van der Waals surface area contributed by atoms with Crippen molar-refractivity contribution in [2.45, 2.75) is 20.4 Å². The molecule has 3 heterocycles. The molecule has 9 heteroatoms. The van der Waals surface area contributed by atoms with E-state index in [1.54, 1.807) is 23.6 Å². The monoisotopic (exact) mass is 469 g/mol. The zero-order valence-electron chi connectivity index (χ0n) is 18.9. The van der Waals surface area contributed by atoms with Crippen molar-refractivity contribution >= 4 is 22.6 Å². The van der Waals surface area contributed by atoms with Crippen LogP contribution in [0.15, 0.2) is 76.2 Å². The summed E-state index contributed by atoms with van der Waals surface area (Å²) in [4.78, 5) is 34.9. The lowest BCUT2D eigenvalue weighted by Crippen LogP contribution is -2.22. The quantitative estimate of drug-likeness (QED) is 0.406. The van der Waals surface area contributed by atoms with E-state index in [1.165, 1.54) is 30.5 Å². The molecule has 5 rings (SSSR count). The summed E-state index contributed by atoms with van der Waals surface area (Å²) in [6.45, 7) is 3.63. The molecule has 5 aromatic rings. The highest BCUT2D eigenvalue weighted by molar-refractivity contribution is 5.91. The maximum atomic E-state index is 13.3. The van der Waals surface area contributed by atoms with Gasteiger partial charge in [-0.1, -0.05) is 35.0 Å². The van der Waals surface area contributed by atoms with Crippen LogP contribution in [-0.4, -0.2) is 25.6 Å². The number of nitrogens with zero attached hydrogens (tertiary/aromatic N) is 4. The van der Waals surface area contributed by atoms with Gasteiger partial charge in [0.1, 0.15) is 23.6 Å². The summed E-state index contributed by atoms with van der Waals surface area (Å²) in [7, 11) is 0. The molecule has 0 saturated heterocycles. The molecule has 35 heavy (non-hydrogen) atoms. The van der Waals surface area contributed by atoms with E-state index in [2.05, 4.69) is 20.4 Å². The van der Waals surface area contributed by atoms with Gasteiger partial charge in [0.25, 0.3) is 5.89 Å². The molecule has 0 saturated carbocycles. The fourth-order valence-corrected chi connectivity index (χ4v) is 3.67. The highest BCUT2D eigenvalue weighted by atomic mass is 19.1. The number of carbonyl (C=O) groups is 1. The van der Waals surface area contributed by atoms with Crippen LogP contribution in [0.25, 0.3) is 33.9 Å². The third-order valence-electron chi connectivity index (χ3n) is 5.47. The lowest BCUT2D eigenvalue weighted by Gasteiger charge is -2.12. The average Bonchev–Trinajstić information content (AvgIpc) is 3.33. The van der Waals surface area contributed by atoms with E-state index >= 15 is 0 Å². The van der Waals surface area contributed by atoms with E-state index in [-0.39, 0.29) is 29.3 Å². The van der Waals surface area contributed by atoms with Crippen LogP contribution >= 0.6 is 0 Å². The lowest BCUT2D eigenvalue weighted by atomic mass is 10.1. The van der Waals surface area contributed by atoms with Crippen LogP contribution in [0.1, 0.15) is 11.3 Å². The van der Waals surface area contributed by atoms with E-state index in [0.717, 1.165) is 11.1 Å². The summed E-state index contributed by atoms with van der Waals surface area (Å²) >= 11 is 0. The number of anilines is 1. The Morgan fingerprint density at radius 2 is 1.74 bits per heavy atom. The summed E-state index contributed by atoms with van der Waals surface area (Å²) in [5.41, 5.74) is 3.17. The fourth-order valence-electron chi connectivity index (χ4n) is 3.67. The topological polar surface area (TPSA) is 103 Å². The molecule has 0 unspecified atom stereocenters. The summed E-state index contributed by atoms with van der Waals surface area (Å²) in [5, 5.41) is 7.06. The largest absolute Gasteiger partial charge is 0.333 e. The summed E-state index contributed by atoms with van der Waals surface area (Å²) in [6, 6.07) is 16.4. The van der Waals surface area contributed by atoms with Crippen LogP contribution in [0, 0.1) is 19.7 Å². The smallest absolute Gasteiger partial charge is 0.263 e. The third kappa shape index (κ3) is 4.56. The van der Waals surface area contributed by atoms with Crippen molar-refractivity contribution in [2.24, 2.45) is 0 Å². The number of carbonyl (C=O) groups excluding carboxylic acids is 1.